The lowest BCUT2D eigenvalue weighted by Crippen LogP contribution is -2.53. The molecule has 1 N–H and O–H groups in total. The van der Waals surface area contributed by atoms with Crippen LogP contribution in [0.4, 0.5) is 0 Å². The van der Waals surface area contributed by atoms with Gasteiger partial charge in [-0.15, -0.1) is 0 Å². The topological polar surface area (TPSA) is 58.6 Å². The summed E-state index contributed by atoms with van der Waals surface area (Å²) in [5, 5.41) is 3.24. The standard InChI is InChI=1S/C32H38N2O3/c1-23-13-16-27(17-14-23)21-34(31(35)22-37-30-18-15-24(2)19-25(30)3)29(20-26-9-5-4-6-10-26)32(36)33-28-11-7-8-12-28/h4-6,9-10,13-19,28-29H,7-8,11-12,20-22H2,1-3H3,(H,33,36)/t29-/m0/s1. The van der Waals surface area contributed by atoms with Gasteiger partial charge in [0.25, 0.3) is 5.91 Å². The highest BCUT2D eigenvalue weighted by Gasteiger charge is 2.32. The highest BCUT2D eigenvalue weighted by Crippen LogP contribution is 2.22. The SMILES string of the molecule is Cc1ccc(CN(C(=O)COc2ccc(C)cc2C)[C@@H](Cc2ccccc2)C(=O)NC2CCCC2)cc1. The van der Waals surface area contributed by atoms with Crippen LogP contribution >= 0.6 is 0 Å². The van der Waals surface area contributed by atoms with Gasteiger partial charge in [0.15, 0.2) is 6.61 Å². The van der Waals surface area contributed by atoms with Gasteiger partial charge in [-0.25, -0.2) is 0 Å². The molecule has 0 heterocycles. The number of rotatable bonds is 10. The lowest BCUT2D eigenvalue weighted by molar-refractivity contribution is -0.143. The van der Waals surface area contributed by atoms with Crippen molar-refractivity contribution in [1.82, 2.24) is 10.2 Å². The van der Waals surface area contributed by atoms with Gasteiger partial charge in [0.2, 0.25) is 5.91 Å². The fourth-order valence-corrected chi connectivity index (χ4v) is 5.00. The molecule has 1 aliphatic carbocycles. The van der Waals surface area contributed by atoms with Crippen molar-refractivity contribution in [3.8, 4) is 5.75 Å². The molecule has 194 valence electrons. The molecule has 0 bridgehead atoms. The third-order valence-electron chi connectivity index (χ3n) is 7.13. The van der Waals surface area contributed by atoms with Crippen molar-refractivity contribution < 1.29 is 14.3 Å². The van der Waals surface area contributed by atoms with Crippen LogP contribution in [-0.2, 0) is 22.6 Å². The van der Waals surface area contributed by atoms with E-state index in [1.54, 1.807) is 4.90 Å². The van der Waals surface area contributed by atoms with Gasteiger partial charge in [-0.2, -0.15) is 0 Å². The van der Waals surface area contributed by atoms with E-state index in [1.165, 1.54) is 0 Å². The molecule has 5 nitrogen and oxygen atoms in total. The van der Waals surface area contributed by atoms with Crippen LogP contribution < -0.4 is 10.1 Å². The van der Waals surface area contributed by atoms with E-state index in [0.717, 1.165) is 53.5 Å². The molecule has 1 fully saturated rings. The van der Waals surface area contributed by atoms with Gasteiger partial charge in [-0.3, -0.25) is 9.59 Å². The number of carbonyl (C=O) groups is 2. The van der Waals surface area contributed by atoms with Crippen LogP contribution in [0.2, 0.25) is 0 Å². The first kappa shape index (κ1) is 26.5. The summed E-state index contributed by atoms with van der Waals surface area (Å²) in [7, 11) is 0. The Kier molecular flexibility index (Phi) is 8.99. The Labute approximate surface area is 220 Å². The Hall–Kier alpha value is -3.60. The summed E-state index contributed by atoms with van der Waals surface area (Å²) in [5.74, 6) is 0.384. The Balaban J connectivity index is 1.61. The minimum atomic E-state index is -0.639. The van der Waals surface area contributed by atoms with Crippen molar-refractivity contribution in [2.75, 3.05) is 6.61 Å². The van der Waals surface area contributed by atoms with Crippen molar-refractivity contribution in [3.63, 3.8) is 0 Å². The van der Waals surface area contributed by atoms with Crippen LogP contribution in [0.3, 0.4) is 0 Å². The smallest absolute Gasteiger partial charge is 0.261 e. The zero-order valence-corrected chi connectivity index (χ0v) is 22.2. The van der Waals surface area contributed by atoms with Gasteiger partial charge in [-0.1, -0.05) is 90.7 Å². The van der Waals surface area contributed by atoms with E-state index in [4.69, 9.17) is 4.74 Å². The van der Waals surface area contributed by atoms with E-state index in [9.17, 15) is 9.59 Å². The lowest BCUT2D eigenvalue weighted by Gasteiger charge is -2.32. The second kappa shape index (κ2) is 12.6. The second-order valence-corrected chi connectivity index (χ2v) is 10.3. The molecule has 3 aromatic rings. The van der Waals surface area contributed by atoms with Gasteiger partial charge < -0.3 is 15.0 Å². The third-order valence-corrected chi connectivity index (χ3v) is 7.13. The molecule has 0 aromatic heterocycles. The summed E-state index contributed by atoms with van der Waals surface area (Å²) in [4.78, 5) is 29.2. The van der Waals surface area contributed by atoms with Crippen molar-refractivity contribution in [1.29, 1.82) is 0 Å². The number of benzene rings is 3. The molecule has 0 aliphatic heterocycles. The summed E-state index contributed by atoms with van der Waals surface area (Å²) < 4.78 is 5.98. The van der Waals surface area contributed by atoms with Crippen molar-refractivity contribution in [2.45, 2.75) is 71.5 Å². The zero-order valence-electron chi connectivity index (χ0n) is 22.2. The van der Waals surface area contributed by atoms with E-state index in [2.05, 4.69) is 5.32 Å². The maximum absolute atomic E-state index is 13.8. The fraction of sp³-hybridized carbons (Fsp3) is 0.375. The normalized spacial score (nSPS) is 14.2. The summed E-state index contributed by atoms with van der Waals surface area (Å²) in [6, 6.07) is 23.5. The van der Waals surface area contributed by atoms with Crippen molar-refractivity contribution in [3.05, 3.63) is 101 Å². The van der Waals surface area contributed by atoms with Gasteiger partial charge in [0.1, 0.15) is 11.8 Å². The molecule has 37 heavy (non-hydrogen) atoms. The largest absolute Gasteiger partial charge is 0.483 e. The molecule has 0 spiro atoms. The molecule has 3 aromatic carbocycles. The molecule has 4 rings (SSSR count). The van der Waals surface area contributed by atoms with Crippen LogP contribution in [0.15, 0.2) is 72.8 Å². The predicted octanol–water partition coefficient (Wildman–Crippen LogP) is 5.69. The molecule has 5 heteroatoms. The van der Waals surface area contributed by atoms with Crippen LogP contribution in [0.1, 0.15) is 53.5 Å². The Bertz CT molecular complexity index is 1180. The highest BCUT2D eigenvalue weighted by molar-refractivity contribution is 5.88. The highest BCUT2D eigenvalue weighted by atomic mass is 16.5. The minimum absolute atomic E-state index is 0.0947. The maximum Gasteiger partial charge on any atom is 0.261 e. The number of aryl methyl sites for hydroxylation is 3. The summed E-state index contributed by atoms with van der Waals surface area (Å²) in [5.41, 5.74) is 5.28. The van der Waals surface area contributed by atoms with E-state index in [1.807, 2.05) is 93.6 Å². The first-order valence-corrected chi connectivity index (χ1v) is 13.3. The van der Waals surface area contributed by atoms with Crippen LogP contribution in [0.5, 0.6) is 5.75 Å². The Morgan fingerprint density at radius 3 is 2.24 bits per heavy atom. The quantitative estimate of drug-likeness (QED) is 0.391. The summed E-state index contributed by atoms with van der Waals surface area (Å²) in [6.07, 6.45) is 4.69. The first-order valence-electron chi connectivity index (χ1n) is 13.3. The summed E-state index contributed by atoms with van der Waals surface area (Å²) in [6.45, 7) is 6.26. The van der Waals surface area contributed by atoms with Crippen LogP contribution in [-0.4, -0.2) is 35.4 Å². The van der Waals surface area contributed by atoms with Gasteiger partial charge in [0.05, 0.1) is 0 Å². The third kappa shape index (κ3) is 7.45. The molecule has 0 saturated heterocycles. The first-order chi connectivity index (χ1) is 17.9. The van der Waals surface area contributed by atoms with Gasteiger partial charge in [0, 0.05) is 19.0 Å². The summed E-state index contributed by atoms with van der Waals surface area (Å²) >= 11 is 0. The zero-order chi connectivity index (χ0) is 26.2. The number of ether oxygens (including phenoxy) is 1. The number of carbonyl (C=O) groups excluding carboxylic acids is 2. The lowest BCUT2D eigenvalue weighted by atomic mass is 10.0. The molecular formula is C32H38N2O3. The Morgan fingerprint density at radius 1 is 0.892 bits per heavy atom. The molecule has 0 unspecified atom stereocenters. The fourth-order valence-electron chi connectivity index (χ4n) is 5.00. The maximum atomic E-state index is 13.8. The van der Waals surface area contributed by atoms with Crippen LogP contribution in [0.25, 0.3) is 0 Å². The van der Waals surface area contributed by atoms with Gasteiger partial charge >= 0.3 is 0 Å². The molecule has 1 aliphatic rings. The van der Waals surface area contributed by atoms with Crippen LogP contribution in [0, 0.1) is 20.8 Å². The molecule has 2 amide bonds. The van der Waals surface area contributed by atoms with E-state index in [-0.39, 0.29) is 24.5 Å². The molecule has 1 saturated carbocycles. The van der Waals surface area contributed by atoms with Crippen molar-refractivity contribution >= 4 is 11.8 Å². The number of hydrogen-bond acceptors (Lipinski definition) is 3. The number of amides is 2. The average Bonchev–Trinajstić information content (AvgIpc) is 3.40. The van der Waals surface area contributed by atoms with E-state index in [0.29, 0.717) is 18.7 Å². The molecular weight excluding hydrogens is 460 g/mol. The molecule has 1 atom stereocenters. The number of nitrogens with one attached hydrogen (secondary N) is 1. The monoisotopic (exact) mass is 498 g/mol. The van der Waals surface area contributed by atoms with Gasteiger partial charge in [-0.05, 0) is 56.4 Å². The van der Waals surface area contributed by atoms with E-state index < -0.39 is 6.04 Å². The predicted molar refractivity (Wildman–Crippen MR) is 147 cm³/mol. The molecule has 0 radical (unpaired) electrons. The average molecular weight is 499 g/mol. The second-order valence-electron chi connectivity index (χ2n) is 10.3. The minimum Gasteiger partial charge on any atom is -0.483 e. The number of hydrogen-bond donors (Lipinski definition) is 1. The Morgan fingerprint density at radius 2 is 1.57 bits per heavy atom. The van der Waals surface area contributed by atoms with Crippen molar-refractivity contribution in [2.24, 2.45) is 0 Å². The van der Waals surface area contributed by atoms with E-state index >= 15 is 0 Å². The number of nitrogens with zero attached hydrogens (tertiary/aromatic N) is 1.